The van der Waals surface area contributed by atoms with Gasteiger partial charge in [-0.2, -0.15) is 0 Å². The molecule has 0 aliphatic heterocycles. The normalized spacial score (nSPS) is 12.4. The first-order chi connectivity index (χ1) is 23.5. The van der Waals surface area contributed by atoms with Gasteiger partial charge in [0, 0.05) is 36.0 Å². The molecule has 10 nitrogen and oxygen atoms in total. The van der Waals surface area contributed by atoms with Crippen molar-refractivity contribution in [1.29, 1.82) is 0 Å². The Morgan fingerprint density at radius 1 is 0.959 bits per heavy atom. The molecule has 1 atom stereocenters. The Hall–Kier alpha value is -5.34. The number of alkyl halides is 1. The van der Waals surface area contributed by atoms with Gasteiger partial charge in [-0.05, 0) is 66.6 Å². The summed E-state index contributed by atoms with van der Waals surface area (Å²) in [5.74, 6) is -1.61. The zero-order valence-electron chi connectivity index (χ0n) is 26.2. The Morgan fingerprint density at radius 3 is 2.41 bits per heavy atom. The monoisotopic (exact) mass is 693 g/mol. The molecule has 0 spiro atoms. The van der Waals surface area contributed by atoms with Crippen LogP contribution in [0.3, 0.4) is 0 Å². The van der Waals surface area contributed by atoms with Crippen molar-refractivity contribution in [2.24, 2.45) is 0 Å². The molecule has 0 bridgehead atoms. The Labute approximate surface area is 278 Å². The standard InChI is InChI=1S/C35H30F3N3O7S/c1-39-34(43)31-24-17-23(20-8-11-28(46-2)25(16-20)35-40-32-26(38)4-3-5-29(32)48-35)27(41-49(44,45)15-13-22(42)12-14-36)18-30(24)47-33(31)19-6-9-21(37)10-7-19/h3-11,16-18,22,41-42H,12-15H2,1-2H3,(H,39,43). The SMILES string of the molecule is CNC(=O)c1c(-c2ccc(F)cc2)oc2cc(NS(=O)(=O)CCC(O)CCF)c(-c3ccc(OC)c(-c4nc5c(F)cccc5o4)c3)cc12. The zero-order chi connectivity index (χ0) is 34.9. The van der Waals surface area contributed by atoms with Gasteiger partial charge in [0.1, 0.15) is 28.4 Å². The molecule has 14 heteroatoms. The fourth-order valence-corrected chi connectivity index (χ4v) is 6.66. The maximum Gasteiger partial charge on any atom is 0.255 e. The van der Waals surface area contributed by atoms with Crippen LogP contribution in [0, 0.1) is 11.6 Å². The Kier molecular flexibility index (Phi) is 9.35. The first-order valence-corrected chi connectivity index (χ1v) is 16.7. The third-order valence-electron chi connectivity index (χ3n) is 7.93. The Bertz CT molecular complexity index is 2290. The van der Waals surface area contributed by atoms with Gasteiger partial charge < -0.3 is 24.0 Å². The Morgan fingerprint density at radius 2 is 1.71 bits per heavy atom. The molecule has 2 heterocycles. The van der Waals surface area contributed by atoms with Crippen molar-refractivity contribution in [1.82, 2.24) is 10.3 Å². The third-order valence-corrected chi connectivity index (χ3v) is 9.23. The number of sulfonamides is 1. The van der Waals surface area contributed by atoms with E-state index < -0.39 is 46.1 Å². The van der Waals surface area contributed by atoms with Crippen molar-refractivity contribution in [3.8, 4) is 39.7 Å². The lowest BCUT2D eigenvalue weighted by atomic mass is 9.97. The van der Waals surface area contributed by atoms with Gasteiger partial charge in [0.05, 0.1) is 42.5 Å². The van der Waals surface area contributed by atoms with E-state index in [4.69, 9.17) is 13.6 Å². The number of carbonyl (C=O) groups is 1. The largest absolute Gasteiger partial charge is 0.496 e. The highest BCUT2D eigenvalue weighted by molar-refractivity contribution is 7.92. The van der Waals surface area contributed by atoms with Crippen molar-refractivity contribution in [2.75, 3.05) is 31.3 Å². The minimum Gasteiger partial charge on any atom is -0.496 e. The van der Waals surface area contributed by atoms with Crippen molar-refractivity contribution < 1.29 is 45.1 Å². The third kappa shape index (κ3) is 6.82. The van der Waals surface area contributed by atoms with Crippen LogP contribution in [0.1, 0.15) is 23.2 Å². The molecular weight excluding hydrogens is 663 g/mol. The predicted molar refractivity (Wildman–Crippen MR) is 179 cm³/mol. The highest BCUT2D eigenvalue weighted by Crippen LogP contribution is 2.42. The zero-order valence-corrected chi connectivity index (χ0v) is 27.0. The quantitative estimate of drug-likeness (QED) is 0.124. The number of oxazole rings is 1. The van der Waals surface area contributed by atoms with Gasteiger partial charge in [0.2, 0.25) is 15.9 Å². The first-order valence-electron chi connectivity index (χ1n) is 15.1. The molecular formula is C35H30F3N3O7S. The van der Waals surface area contributed by atoms with Crippen molar-refractivity contribution in [2.45, 2.75) is 18.9 Å². The van der Waals surface area contributed by atoms with E-state index in [1.807, 2.05) is 0 Å². The molecule has 0 aliphatic rings. The number of rotatable bonds is 12. The minimum atomic E-state index is -4.12. The summed E-state index contributed by atoms with van der Waals surface area (Å²) in [5.41, 5.74) is 1.96. The molecule has 0 radical (unpaired) electrons. The van der Waals surface area contributed by atoms with Crippen LogP contribution in [-0.2, 0) is 10.0 Å². The number of carbonyl (C=O) groups excluding carboxylic acids is 1. The summed E-state index contributed by atoms with van der Waals surface area (Å²) >= 11 is 0. The molecule has 4 aromatic carbocycles. The fraction of sp³-hybridized carbons (Fsp3) is 0.200. The summed E-state index contributed by atoms with van der Waals surface area (Å²) in [6, 6.07) is 17.5. The number of aromatic nitrogens is 1. The van der Waals surface area contributed by atoms with E-state index in [2.05, 4.69) is 15.0 Å². The van der Waals surface area contributed by atoms with E-state index in [0.29, 0.717) is 33.4 Å². The predicted octanol–water partition coefficient (Wildman–Crippen LogP) is 7.07. The molecule has 0 saturated carbocycles. The second-order valence-corrected chi connectivity index (χ2v) is 13.0. The summed E-state index contributed by atoms with van der Waals surface area (Å²) in [6.45, 7) is -0.801. The molecule has 0 aliphatic carbocycles. The van der Waals surface area contributed by atoms with Crippen LogP contribution in [0.5, 0.6) is 5.75 Å². The number of nitrogens with one attached hydrogen (secondary N) is 2. The van der Waals surface area contributed by atoms with Crippen molar-refractivity contribution in [3.63, 3.8) is 0 Å². The van der Waals surface area contributed by atoms with Crippen LogP contribution in [0.2, 0.25) is 0 Å². The van der Waals surface area contributed by atoms with Crippen molar-refractivity contribution in [3.05, 3.63) is 90.0 Å². The highest BCUT2D eigenvalue weighted by atomic mass is 32.2. The second-order valence-electron chi connectivity index (χ2n) is 11.1. The number of ether oxygens (including phenoxy) is 1. The van der Waals surface area contributed by atoms with Crippen LogP contribution >= 0.6 is 0 Å². The van der Waals surface area contributed by atoms with E-state index in [-0.39, 0.29) is 52.4 Å². The number of aliphatic hydroxyl groups excluding tert-OH is 1. The number of hydrogen-bond acceptors (Lipinski definition) is 8. The van der Waals surface area contributed by atoms with E-state index >= 15 is 0 Å². The van der Waals surface area contributed by atoms with Crippen LogP contribution in [0.25, 0.3) is 56.0 Å². The lowest BCUT2D eigenvalue weighted by molar-refractivity contribution is 0.0964. The maximum absolute atomic E-state index is 14.5. The maximum atomic E-state index is 14.5. The van der Waals surface area contributed by atoms with Crippen LogP contribution in [0.15, 0.2) is 81.6 Å². The number of amides is 1. The van der Waals surface area contributed by atoms with Gasteiger partial charge in [0.15, 0.2) is 11.4 Å². The van der Waals surface area contributed by atoms with Gasteiger partial charge in [-0.25, -0.2) is 22.2 Å². The molecule has 2 aromatic heterocycles. The summed E-state index contributed by atoms with van der Waals surface area (Å²) in [4.78, 5) is 17.6. The number of anilines is 1. The second kappa shape index (κ2) is 13.6. The van der Waals surface area contributed by atoms with Gasteiger partial charge in [-0.15, -0.1) is 0 Å². The average Bonchev–Trinajstić information content (AvgIpc) is 3.69. The number of halogens is 3. The minimum absolute atomic E-state index is 0.0108. The number of aliphatic hydroxyl groups is 1. The lowest BCUT2D eigenvalue weighted by Crippen LogP contribution is -2.21. The fourth-order valence-electron chi connectivity index (χ4n) is 5.47. The molecule has 254 valence electrons. The average molecular weight is 694 g/mol. The summed E-state index contributed by atoms with van der Waals surface area (Å²) in [5, 5.41) is 12.9. The number of benzene rings is 4. The number of methoxy groups -OCH3 is 1. The van der Waals surface area contributed by atoms with Crippen LogP contribution in [0.4, 0.5) is 18.9 Å². The summed E-state index contributed by atoms with van der Waals surface area (Å²) < 4.78 is 87.7. The smallest absolute Gasteiger partial charge is 0.255 e. The Balaban J connectivity index is 1.56. The molecule has 1 amide bonds. The number of hydrogen-bond donors (Lipinski definition) is 3. The molecule has 0 saturated heterocycles. The lowest BCUT2D eigenvalue weighted by Gasteiger charge is -2.16. The van der Waals surface area contributed by atoms with E-state index in [9.17, 15) is 31.5 Å². The van der Waals surface area contributed by atoms with E-state index in [1.54, 1.807) is 30.3 Å². The molecule has 3 N–H and O–H groups in total. The van der Waals surface area contributed by atoms with E-state index in [1.165, 1.54) is 56.6 Å². The first kappa shape index (κ1) is 33.6. The van der Waals surface area contributed by atoms with Gasteiger partial charge in [-0.1, -0.05) is 12.1 Å². The van der Waals surface area contributed by atoms with E-state index in [0.717, 1.165) is 0 Å². The van der Waals surface area contributed by atoms with Gasteiger partial charge in [-0.3, -0.25) is 13.9 Å². The van der Waals surface area contributed by atoms with Gasteiger partial charge in [0.25, 0.3) is 5.91 Å². The van der Waals surface area contributed by atoms with Crippen LogP contribution < -0.4 is 14.8 Å². The molecule has 6 aromatic rings. The number of para-hydroxylation sites is 1. The van der Waals surface area contributed by atoms with Crippen LogP contribution in [-0.4, -0.2) is 57.1 Å². The summed E-state index contributed by atoms with van der Waals surface area (Å²) in [7, 11) is -1.24. The molecule has 0 fully saturated rings. The highest BCUT2D eigenvalue weighted by Gasteiger charge is 2.26. The topological polar surface area (TPSA) is 144 Å². The summed E-state index contributed by atoms with van der Waals surface area (Å²) in [6.07, 6.45) is -1.58. The number of furan rings is 1. The van der Waals surface area contributed by atoms with Gasteiger partial charge >= 0.3 is 0 Å². The molecule has 6 rings (SSSR count). The molecule has 49 heavy (non-hydrogen) atoms. The number of nitrogens with zero attached hydrogens (tertiary/aromatic N) is 1. The number of fused-ring (bicyclic) bond motifs is 2. The van der Waals surface area contributed by atoms with Crippen molar-refractivity contribution >= 4 is 43.7 Å². The molecule has 1 unspecified atom stereocenters.